The van der Waals surface area contributed by atoms with Gasteiger partial charge < -0.3 is 10.6 Å². The minimum Gasteiger partial charge on any atom is -0.356 e. The Balaban J connectivity index is 1.22. The van der Waals surface area contributed by atoms with Gasteiger partial charge in [-0.15, -0.1) is 0 Å². The first-order valence-corrected chi connectivity index (χ1v) is 11.0. The molecule has 5 heteroatoms. The van der Waals surface area contributed by atoms with Crippen LogP contribution >= 0.6 is 0 Å². The third-order valence-electron chi connectivity index (χ3n) is 6.54. The second-order valence-electron chi connectivity index (χ2n) is 8.85. The molecule has 2 amide bonds. The number of nitrogens with zero attached hydrogens (tertiary/aromatic N) is 1. The predicted octanol–water partition coefficient (Wildman–Crippen LogP) is 2.46. The molecule has 1 saturated heterocycles. The fourth-order valence-corrected chi connectivity index (χ4v) is 4.69. The van der Waals surface area contributed by atoms with Crippen molar-refractivity contribution in [3.63, 3.8) is 0 Å². The van der Waals surface area contributed by atoms with Crippen LogP contribution in [0.4, 0.5) is 0 Å². The molecule has 1 heterocycles. The quantitative estimate of drug-likeness (QED) is 0.760. The van der Waals surface area contributed by atoms with Crippen LogP contribution in [0.5, 0.6) is 0 Å². The zero-order valence-corrected chi connectivity index (χ0v) is 16.8. The van der Waals surface area contributed by atoms with E-state index in [4.69, 9.17) is 0 Å². The van der Waals surface area contributed by atoms with Crippen LogP contribution < -0.4 is 10.6 Å². The predicted molar refractivity (Wildman–Crippen MR) is 110 cm³/mol. The van der Waals surface area contributed by atoms with E-state index in [9.17, 15) is 9.59 Å². The summed E-state index contributed by atoms with van der Waals surface area (Å²) in [6, 6.07) is 8.63. The lowest BCUT2D eigenvalue weighted by atomic mass is 9.83. The summed E-state index contributed by atoms with van der Waals surface area (Å²) in [5.41, 5.74) is 2.84. The molecule has 2 atom stereocenters. The van der Waals surface area contributed by atoms with Crippen molar-refractivity contribution >= 4 is 11.8 Å². The Kier molecular flexibility index (Phi) is 6.30. The molecule has 1 saturated carbocycles. The van der Waals surface area contributed by atoms with E-state index in [2.05, 4.69) is 39.8 Å². The van der Waals surface area contributed by atoms with Crippen molar-refractivity contribution < 1.29 is 9.59 Å². The molecule has 2 aliphatic carbocycles. The number of likely N-dealkylation sites (tertiary alicyclic amines) is 1. The van der Waals surface area contributed by atoms with E-state index in [1.54, 1.807) is 0 Å². The smallest absolute Gasteiger partial charge is 0.234 e. The van der Waals surface area contributed by atoms with E-state index in [-0.39, 0.29) is 17.7 Å². The van der Waals surface area contributed by atoms with Crippen molar-refractivity contribution in [2.24, 2.45) is 11.8 Å². The highest BCUT2D eigenvalue weighted by Gasteiger charge is 2.29. The number of carbonyl (C=O) groups is 2. The summed E-state index contributed by atoms with van der Waals surface area (Å²) in [6.45, 7) is 3.57. The third kappa shape index (κ3) is 5.13. The van der Waals surface area contributed by atoms with Crippen molar-refractivity contribution in [1.82, 2.24) is 15.5 Å². The minimum absolute atomic E-state index is 0.0329. The van der Waals surface area contributed by atoms with Gasteiger partial charge in [-0.3, -0.25) is 14.5 Å². The monoisotopic (exact) mass is 383 g/mol. The molecule has 0 radical (unpaired) electrons. The number of carbonyl (C=O) groups excluding carboxylic acids is 2. The molecule has 0 unspecified atom stereocenters. The van der Waals surface area contributed by atoms with Crippen LogP contribution in [0.1, 0.15) is 55.6 Å². The van der Waals surface area contributed by atoms with Crippen molar-refractivity contribution in [3.05, 3.63) is 35.4 Å². The zero-order valence-electron chi connectivity index (χ0n) is 16.8. The molecule has 0 spiro atoms. The van der Waals surface area contributed by atoms with Crippen LogP contribution in [0.25, 0.3) is 0 Å². The summed E-state index contributed by atoms with van der Waals surface area (Å²) in [4.78, 5) is 27.0. The molecule has 2 fully saturated rings. The molecule has 4 rings (SSSR count). The first-order chi connectivity index (χ1) is 13.7. The standard InChI is InChI=1S/C23H33N3O2/c27-22(24-14-19-7-3-6-18-5-1-2-9-21(18)19)16-26-12-4-8-20(15-26)23(28)25-13-17-10-11-17/h1-2,5,9,17,19-20H,3-4,6-8,10-16H2,(H,24,27)(H,25,28)/t19-,20-/m1/s1. The normalized spacial score (nSPS) is 25.0. The SMILES string of the molecule is O=C(CN1CCC[C@@H](C(=O)NCC2CC2)C1)NC[C@H]1CCCc2ccccc21. The van der Waals surface area contributed by atoms with Gasteiger partial charge in [0.25, 0.3) is 0 Å². The van der Waals surface area contributed by atoms with E-state index in [1.807, 2.05) is 0 Å². The molecular formula is C23H33N3O2. The topological polar surface area (TPSA) is 61.4 Å². The molecule has 1 aromatic carbocycles. The summed E-state index contributed by atoms with van der Waals surface area (Å²) in [5, 5.41) is 6.25. The van der Waals surface area contributed by atoms with E-state index in [1.165, 1.54) is 30.4 Å². The number of fused-ring (bicyclic) bond motifs is 1. The lowest BCUT2D eigenvalue weighted by molar-refractivity contribution is -0.129. The molecule has 28 heavy (non-hydrogen) atoms. The Morgan fingerprint density at radius 2 is 1.86 bits per heavy atom. The zero-order chi connectivity index (χ0) is 19.3. The first-order valence-electron chi connectivity index (χ1n) is 11.0. The summed E-state index contributed by atoms with van der Waals surface area (Å²) in [5.74, 6) is 1.43. The van der Waals surface area contributed by atoms with Gasteiger partial charge in [0.15, 0.2) is 0 Å². The Morgan fingerprint density at radius 1 is 1.00 bits per heavy atom. The molecule has 1 aromatic rings. The molecular weight excluding hydrogens is 350 g/mol. The van der Waals surface area contributed by atoms with Gasteiger partial charge in [0.05, 0.1) is 12.5 Å². The highest BCUT2D eigenvalue weighted by molar-refractivity contribution is 5.80. The average molecular weight is 384 g/mol. The van der Waals surface area contributed by atoms with Gasteiger partial charge in [0, 0.05) is 25.6 Å². The Labute approximate surface area is 168 Å². The number of benzene rings is 1. The van der Waals surface area contributed by atoms with Gasteiger partial charge in [-0.25, -0.2) is 0 Å². The summed E-state index contributed by atoms with van der Waals surface area (Å²) < 4.78 is 0. The van der Waals surface area contributed by atoms with Gasteiger partial charge in [-0.2, -0.15) is 0 Å². The van der Waals surface area contributed by atoms with Crippen molar-refractivity contribution in [3.8, 4) is 0 Å². The van der Waals surface area contributed by atoms with Gasteiger partial charge in [0.1, 0.15) is 0 Å². The Hall–Kier alpha value is -1.88. The first kappa shape index (κ1) is 19.4. The summed E-state index contributed by atoms with van der Waals surface area (Å²) in [7, 11) is 0. The highest BCUT2D eigenvalue weighted by atomic mass is 16.2. The second kappa shape index (κ2) is 9.08. The van der Waals surface area contributed by atoms with Crippen LogP contribution in [-0.4, -0.2) is 49.4 Å². The second-order valence-corrected chi connectivity index (χ2v) is 8.85. The maximum atomic E-state index is 12.5. The maximum Gasteiger partial charge on any atom is 0.234 e. The molecule has 5 nitrogen and oxygen atoms in total. The van der Waals surface area contributed by atoms with Crippen molar-refractivity contribution in [1.29, 1.82) is 0 Å². The third-order valence-corrected chi connectivity index (χ3v) is 6.54. The average Bonchev–Trinajstić information content (AvgIpc) is 3.55. The van der Waals surface area contributed by atoms with Crippen LogP contribution in [0.15, 0.2) is 24.3 Å². The molecule has 0 bridgehead atoms. The maximum absolute atomic E-state index is 12.5. The fourth-order valence-electron chi connectivity index (χ4n) is 4.69. The van der Waals surface area contributed by atoms with E-state index in [0.29, 0.717) is 24.9 Å². The minimum atomic E-state index is 0.0329. The van der Waals surface area contributed by atoms with Crippen LogP contribution in [0, 0.1) is 11.8 Å². The Morgan fingerprint density at radius 3 is 2.71 bits per heavy atom. The van der Waals surface area contributed by atoms with Crippen LogP contribution in [-0.2, 0) is 16.0 Å². The highest BCUT2D eigenvalue weighted by Crippen LogP contribution is 2.31. The number of amides is 2. The number of piperidine rings is 1. The van der Waals surface area contributed by atoms with Crippen molar-refractivity contribution in [2.45, 2.75) is 50.9 Å². The number of nitrogens with one attached hydrogen (secondary N) is 2. The van der Waals surface area contributed by atoms with E-state index >= 15 is 0 Å². The van der Waals surface area contributed by atoms with Crippen LogP contribution in [0.3, 0.4) is 0 Å². The number of hydrogen-bond donors (Lipinski definition) is 2. The molecule has 3 aliphatic rings. The number of rotatable bonds is 7. The number of hydrogen-bond acceptors (Lipinski definition) is 3. The van der Waals surface area contributed by atoms with Crippen molar-refractivity contribution in [2.75, 3.05) is 32.7 Å². The lowest BCUT2D eigenvalue weighted by Crippen LogP contribution is -2.47. The number of aryl methyl sites for hydroxylation is 1. The summed E-state index contributed by atoms with van der Waals surface area (Å²) >= 11 is 0. The fraction of sp³-hybridized carbons (Fsp3) is 0.652. The van der Waals surface area contributed by atoms with Crippen LogP contribution in [0.2, 0.25) is 0 Å². The largest absolute Gasteiger partial charge is 0.356 e. The summed E-state index contributed by atoms with van der Waals surface area (Å²) in [6.07, 6.45) is 7.92. The van der Waals surface area contributed by atoms with Gasteiger partial charge in [-0.1, -0.05) is 24.3 Å². The van der Waals surface area contributed by atoms with Gasteiger partial charge in [-0.05, 0) is 68.5 Å². The Bertz CT molecular complexity index is 701. The lowest BCUT2D eigenvalue weighted by Gasteiger charge is -2.32. The molecule has 0 aromatic heterocycles. The van der Waals surface area contributed by atoms with Gasteiger partial charge >= 0.3 is 0 Å². The molecule has 1 aliphatic heterocycles. The van der Waals surface area contributed by atoms with Gasteiger partial charge in [0.2, 0.25) is 11.8 Å². The van der Waals surface area contributed by atoms with E-state index < -0.39 is 0 Å². The molecule has 152 valence electrons. The molecule has 2 N–H and O–H groups in total. The van der Waals surface area contributed by atoms with E-state index in [0.717, 1.165) is 45.3 Å².